The second-order valence-electron chi connectivity index (χ2n) is 3.80. The maximum absolute atomic E-state index is 11.1. The number of aliphatic carboxylic acids is 2. The molecule has 0 saturated carbocycles. The molecule has 0 atom stereocenters. The largest absolute Gasteiger partial charge is 0.550 e. The fourth-order valence-corrected chi connectivity index (χ4v) is 3.12. The molecule has 6 nitrogen and oxygen atoms in total. The fraction of sp³-hybridized carbons (Fsp3) is 0.667. The SMILES string of the molecule is O=C([O-])C(=O)CC1(C(=O)[O-])CCS(=O)CC1. The van der Waals surface area contributed by atoms with Crippen LogP contribution in [0.2, 0.25) is 0 Å². The number of Topliss-reactive ketones (excluding diaryl/α,β-unsaturated/α-hetero) is 1. The number of carboxylic acids is 2. The number of hydrogen-bond acceptors (Lipinski definition) is 6. The van der Waals surface area contributed by atoms with Gasteiger partial charge in [-0.25, -0.2) is 0 Å². The number of ketones is 1. The third-order valence-electron chi connectivity index (χ3n) is 2.78. The lowest BCUT2D eigenvalue weighted by molar-refractivity contribution is -0.320. The molecule has 1 aliphatic rings. The van der Waals surface area contributed by atoms with Crippen molar-refractivity contribution < 1.29 is 28.8 Å². The highest BCUT2D eigenvalue weighted by Crippen LogP contribution is 2.34. The van der Waals surface area contributed by atoms with Crippen molar-refractivity contribution in [2.24, 2.45) is 5.41 Å². The van der Waals surface area contributed by atoms with E-state index in [1.54, 1.807) is 0 Å². The van der Waals surface area contributed by atoms with Crippen LogP contribution in [0, 0.1) is 5.41 Å². The molecule has 1 heterocycles. The van der Waals surface area contributed by atoms with Crippen LogP contribution in [0.15, 0.2) is 0 Å². The molecule has 0 radical (unpaired) electrons. The molecule has 0 aromatic carbocycles. The van der Waals surface area contributed by atoms with Crippen LogP contribution in [-0.4, -0.2) is 33.4 Å². The lowest BCUT2D eigenvalue weighted by Crippen LogP contribution is -2.49. The van der Waals surface area contributed by atoms with E-state index in [0.29, 0.717) is 0 Å². The van der Waals surface area contributed by atoms with E-state index in [-0.39, 0.29) is 24.3 Å². The van der Waals surface area contributed by atoms with E-state index in [1.165, 1.54) is 0 Å². The minimum Gasteiger partial charge on any atom is -0.550 e. The number of rotatable bonds is 4. The summed E-state index contributed by atoms with van der Waals surface area (Å²) < 4.78 is 11.1. The van der Waals surface area contributed by atoms with E-state index in [9.17, 15) is 28.8 Å². The predicted molar refractivity (Wildman–Crippen MR) is 49.2 cm³/mol. The zero-order valence-corrected chi connectivity index (χ0v) is 9.21. The topological polar surface area (TPSA) is 114 Å². The van der Waals surface area contributed by atoms with Crippen LogP contribution in [0.1, 0.15) is 19.3 Å². The van der Waals surface area contributed by atoms with Crippen molar-refractivity contribution in [3.05, 3.63) is 0 Å². The van der Waals surface area contributed by atoms with Gasteiger partial charge in [-0.15, -0.1) is 0 Å². The summed E-state index contributed by atoms with van der Waals surface area (Å²) in [7, 11) is -1.09. The first-order valence-electron chi connectivity index (χ1n) is 4.68. The van der Waals surface area contributed by atoms with Gasteiger partial charge in [0.05, 0.1) is 0 Å². The van der Waals surface area contributed by atoms with Crippen LogP contribution in [0.25, 0.3) is 0 Å². The van der Waals surface area contributed by atoms with E-state index < -0.39 is 40.4 Å². The van der Waals surface area contributed by atoms with Gasteiger partial charge in [0.2, 0.25) is 0 Å². The smallest absolute Gasteiger partial charge is 0.179 e. The highest BCUT2D eigenvalue weighted by molar-refractivity contribution is 7.85. The molecule has 90 valence electrons. The summed E-state index contributed by atoms with van der Waals surface area (Å²) in [6, 6.07) is 0. The molecule has 0 bridgehead atoms. The lowest BCUT2D eigenvalue weighted by atomic mass is 9.77. The van der Waals surface area contributed by atoms with Gasteiger partial charge in [-0.05, 0) is 12.8 Å². The Labute approximate surface area is 94.1 Å². The normalized spacial score (nSPS) is 29.6. The van der Waals surface area contributed by atoms with Gasteiger partial charge in [-0.1, -0.05) is 0 Å². The first-order chi connectivity index (χ1) is 7.37. The molecule has 0 N–H and O–H groups in total. The van der Waals surface area contributed by atoms with Crippen molar-refractivity contribution in [1.29, 1.82) is 0 Å². The first kappa shape index (κ1) is 12.8. The van der Waals surface area contributed by atoms with Gasteiger partial charge in [-0.3, -0.25) is 9.00 Å². The average molecular weight is 246 g/mol. The summed E-state index contributed by atoms with van der Waals surface area (Å²) in [5.74, 6) is -4.31. The number of carboxylic acid groups (broad SMARTS) is 2. The standard InChI is InChI=1S/C9H12O6S/c10-6(7(11)12)5-9(8(13)14)1-3-16(15)4-2-9/h1-5H2,(H,11,12)(H,13,14)/p-2. The Morgan fingerprint density at radius 1 is 1.12 bits per heavy atom. The Hall–Kier alpha value is -1.24. The number of hydrogen-bond donors (Lipinski definition) is 0. The van der Waals surface area contributed by atoms with Crippen molar-refractivity contribution in [2.75, 3.05) is 11.5 Å². The first-order valence-corrected chi connectivity index (χ1v) is 6.17. The molecule has 0 aromatic rings. The van der Waals surface area contributed by atoms with Gasteiger partial charge in [-0.2, -0.15) is 0 Å². The van der Waals surface area contributed by atoms with E-state index in [4.69, 9.17) is 0 Å². The Bertz CT molecular complexity index is 351. The molecular formula is C9H10O6S-2. The van der Waals surface area contributed by atoms with Crippen LogP contribution >= 0.6 is 0 Å². The van der Waals surface area contributed by atoms with Crippen molar-refractivity contribution >= 4 is 28.5 Å². The molecule has 1 saturated heterocycles. The molecule has 0 unspecified atom stereocenters. The molecule has 0 aliphatic carbocycles. The van der Waals surface area contributed by atoms with Crippen LogP contribution in [-0.2, 0) is 25.2 Å². The lowest BCUT2D eigenvalue weighted by Gasteiger charge is -2.37. The summed E-state index contributed by atoms with van der Waals surface area (Å²) >= 11 is 0. The van der Waals surface area contributed by atoms with Crippen LogP contribution < -0.4 is 10.2 Å². The van der Waals surface area contributed by atoms with Crippen LogP contribution in [0.3, 0.4) is 0 Å². The highest BCUT2D eigenvalue weighted by Gasteiger charge is 2.37. The van der Waals surface area contributed by atoms with E-state index in [1.807, 2.05) is 0 Å². The molecule has 0 spiro atoms. The average Bonchev–Trinajstić information content (AvgIpc) is 2.21. The van der Waals surface area contributed by atoms with Gasteiger partial charge >= 0.3 is 0 Å². The molecule has 1 rings (SSSR count). The van der Waals surface area contributed by atoms with E-state index in [0.717, 1.165) is 0 Å². The van der Waals surface area contributed by atoms with Crippen molar-refractivity contribution in [2.45, 2.75) is 19.3 Å². The zero-order chi connectivity index (χ0) is 12.3. The maximum atomic E-state index is 11.1. The van der Waals surface area contributed by atoms with Crippen LogP contribution in [0.5, 0.6) is 0 Å². The highest BCUT2D eigenvalue weighted by atomic mass is 32.2. The molecule has 0 amide bonds. The fourth-order valence-electron chi connectivity index (χ4n) is 1.68. The summed E-state index contributed by atoms with van der Waals surface area (Å²) in [5, 5.41) is 21.2. The summed E-state index contributed by atoms with van der Waals surface area (Å²) in [5.41, 5.74) is -1.49. The monoisotopic (exact) mass is 246 g/mol. The van der Waals surface area contributed by atoms with Gasteiger partial charge in [0.15, 0.2) is 5.78 Å². The second-order valence-corrected chi connectivity index (χ2v) is 5.50. The van der Waals surface area contributed by atoms with Crippen molar-refractivity contribution in [3.8, 4) is 0 Å². The summed E-state index contributed by atoms with van der Waals surface area (Å²) in [6.07, 6.45) is -0.642. The van der Waals surface area contributed by atoms with Gasteiger partial charge < -0.3 is 19.8 Å². The molecular weight excluding hydrogens is 236 g/mol. The Balaban J connectivity index is 2.82. The number of carbonyl (C=O) groups excluding carboxylic acids is 3. The van der Waals surface area contributed by atoms with E-state index in [2.05, 4.69) is 0 Å². The minimum atomic E-state index is -1.90. The molecule has 1 aliphatic heterocycles. The number of carbonyl (C=O) groups is 3. The van der Waals surface area contributed by atoms with E-state index >= 15 is 0 Å². The minimum absolute atomic E-state index is 0.000957. The van der Waals surface area contributed by atoms with Crippen molar-refractivity contribution in [3.63, 3.8) is 0 Å². The third-order valence-corrected chi connectivity index (χ3v) is 4.10. The molecule has 16 heavy (non-hydrogen) atoms. The van der Waals surface area contributed by atoms with Gasteiger partial charge in [0.1, 0.15) is 5.97 Å². The second kappa shape index (κ2) is 4.73. The zero-order valence-electron chi connectivity index (χ0n) is 8.39. The van der Waals surface area contributed by atoms with Gasteiger partial charge in [0.25, 0.3) is 0 Å². The maximum Gasteiger partial charge on any atom is 0.179 e. The van der Waals surface area contributed by atoms with Gasteiger partial charge in [0, 0.05) is 40.1 Å². The Morgan fingerprint density at radius 2 is 1.62 bits per heavy atom. The van der Waals surface area contributed by atoms with Crippen LogP contribution in [0.4, 0.5) is 0 Å². The third kappa shape index (κ3) is 2.66. The Kier molecular flexibility index (Phi) is 3.79. The predicted octanol–water partition coefficient (Wildman–Crippen LogP) is -3.03. The molecule has 1 fully saturated rings. The Morgan fingerprint density at radius 3 is 2.00 bits per heavy atom. The quantitative estimate of drug-likeness (QED) is 0.487. The molecule has 7 heteroatoms. The van der Waals surface area contributed by atoms with Crippen molar-refractivity contribution in [1.82, 2.24) is 0 Å². The summed E-state index contributed by atoms with van der Waals surface area (Å²) in [4.78, 5) is 32.2. The summed E-state index contributed by atoms with van der Waals surface area (Å²) in [6.45, 7) is 0. The molecule has 0 aromatic heterocycles.